The van der Waals surface area contributed by atoms with Crippen molar-refractivity contribution in [1.29, 1.82) is 0 Å². The van der Waals surface area contributed by atoms with E-state index in [1.54, 1.807) is 11.9 Å². The van der Waals surface area contributed by atoms with Crippen molar-refractivity contribution in [2.45, 2.75) is 19.9 Å². The minimum Gasteiger partial charge on any atom is -0.369 e. The van der Waals surface area contributed by atoms with Crippen molar-refractivity contribution >= 4 is 51.3 Å². The Kier molecular flexibility index (Phi) is 8.78. The highest BCUT2D eigenvalue weighted by Gasteiger charge is 2.15. The van der Waals surface area contributed by atoms with E-state index in [1.807, 2.05) is 67.6 Å². The van der Waals surface area contributed by atoms with Crippen molar-refractivity contribution in [3.05, 3.63) is 71.6 Å². The lowest BCUT2D eigenvalue weighted by atomic mass is 10.1. The summed E-state index contributed by atoms with van der Waals surface area (Å²) in [6.45, 7) is 4.12. The summed E-state index contributed by atoms with van der Waals surface area (Å²) in [7, 11) is 1.79. The molecule has 3 N–H and O–H groups in total. The lowest BCUT2D eigenvalue weighted by molar-refractivity contribution is -0.631. The Labute approximate surface area is 197 Å². The number of fused-ring (bicyclic) bond motifs is 1. The molecule has 0 saturated carbocycles. The average molecular weight is 530 g/mol. The van der Waals surface area contributed by atoms with Crippen molar-refractivity contribution in [3.8, 4) is 0 Å². The number of alkyl halides is 1. The number of hydrogen-bond donors (Lipinski definition) is 2. The molecule has 0 atom stereocenters. The van der Waals surface area contributed by atoms with Gasteiger partial charge in [0.05, 0.1) is 18.6 Å². The summed E-state index contributed by atoms with van der Waals surface area (Å²) in [4.78, 5) is 23.9. The number of nitrogens with one attached hydrogen (secondary N) is 1. The number of rotatable bonds is 10. The molecule has 3 aromatic rings. The summed E-state index contributed by atoms with van der Waals surface area (Å²) in [5.41, 5.74) is 2.57. The van der Waals surface area contributed by atoms with Crippen LogP contribution < -0.4 is 10.6 Å². The van der Waals surface area contributed by atoms with E-state index in [0.717, 1.165) is 46.3 Å². The minimum absolute atomic E-state index is 0.0375. The zero-order chi connectivity index (χ0) is 22.1. The average Bonchev–Trinajstić information content (AvgIpc) is 2.79. The molecule has 0 spiro atoms. The van der Waals surface area contributed by atoms with Crippen LogP contribution in [0, 0.1) is 0 Å². The lowest BCUT2D eigenvalue weighted by Gasteiger charge is -2.18. The molecule has 7 heteroatoms. The molecule has 3 rings (SSSR count). The molecule has 1 heterocycles. The number of halogens is 1. The molecule has 0 unspecified atom stereocenters. The third-order valence-electron chi connectivity index (χ3n) is 4.88. The van der Waals surface area contributed by atoms with Crippen molar-refractivity contribution in [1.82, 2.24) is 14.9 Å². The quantitative estimate of drug-likeness (QED) is 0.139. The molecule has 162 valence electrons. The number of amides is 1. The van der Waals surface area contributed by atoms with Crippen molar-refractivity contribution in [3.63, 3.8) is 0 Å². The highest BCUT2D eigenvalue weighted by molar-refractivity contribution is 14.1. The van der Waals surface area contributed by atoms with Crippen LogP contribution in [0.5, 0.6) is 0 Å². The Morgan fingerprint density at radius 2 is 1.87 bits per heavy atom. The lowest BCUT2D eigenvalue weighted by Crippen LogP contribution is -2.82. The number of carbonyl (C=O) groups is 1. The van der Waals surface area contributed by atoms with E-state index < -0.39 is 0 Å². The molecular formula is C24H29IN5O+. The van der Waals surface area contributed by atoms with Gasteiger partial charge in [0.15, 0.2) is 5.82 Å². The van der Waals surface area contributed by atoms with Gasteiger partial charge in [-0.15, -0.1) is 0 Å². The van der Waals surface area contributed by atoms with Crippen molar-refractivity contribution in [2.24, 2.45) is 0 Å². The van der Waals surface area contributed by atoms with Gasteiger partial charge >= 0.3 is 0 Å². The molecular weight excluding hydrogens is 501 g/mol. The molecule has 0 bridgehead atoms. The maximum absolute atomic E-state index is 12.9. The fraction of sp³-hybridized carbons (Fsp3) is 0.292. The van der Waals surface area contributed by atoms with Crippen LogP contribution in [0.3, 0.4) is 0 Å². The first-order chi connectivity index (χ1) is 15.1. The van der Waals surface area contributed by atoms with Crippen molar-refractivity contribution < 1.29 is 10.1 Å². The molecule has 0 aliphatic heterocycles. The Bertz CT molecular complexity index is 1040. The minimum atomic E-state index is -0.0375. The number of nitrogens with zero attached hydrogens (tertiary/aromatic N) is 3. The molecule has 6 nitrogen and oxygen atoms in total. The van der Waals surface area contributed by atoms with Crippen LogP contribution in [0.2, 0.25) is 0 Å². The van der Waals surface area contributed by atoms with Crippen LogP contribution in [0.1, 0.15) is 24.7 Å². The maximum Gasteiger partial charge on any atom is 0.249 e. The number of para-hydroxylation sites is 1. The van der Waals surface area contributed by atoms with Gasteiger partial charge in [-0.2, -0.15) is 0 Å². The van der Waals surface area contributed by atoms with E-state index in [-0.39, 0.29) is 5.91 Å². The van der Waals surface area contributed by atoms with Gasteiger partial charge in [0.1, 0.15) is 10.4 Å². The summed E-state index contributed by atoms with van der Waals surface area (Å²) >= 11 is 2.36. The topological polar surface area (TPSA) is 74.7 Å². The molecule has 0 aliphatic carbocycles. The summed E-state index contributed by atoms with van der Waals surface area (Å²) in [6, 6.07) is 17.8. The van der Waals surface area contributed by atoms with Crippen LogP contribution in [0.25, 0.3) is 17.0 Å². The molecule has 31 heavy (non-hydrogen) atoms. The summed E-state index contributed by atoms with van der Waals surface area (Å²) < 4.78 is 1.07. The standard InChI is InChI=1S/C24H28IN5O/c1-18(15-19-9-4-3-5-10-19)24(31)30(2)16-22-28-21-12-7-6-11-20(21)23(29-22)27-14-8-13-26-17-25/h3-7,9-12,15,26H,8,13-14,16-17H2,1-2H3,(H,27,28,29)/p+1/b18-15+. The van der Waals surface area contributed by atoms with Crippen LogP contribution in [-0.4, -0.2) is 45.5 Å². The van der Waals surface area contributed by atoms with Gasteiger partial charge in [-0.25, -0.2) is 9.97 Å². The number of anilines is 1. The Morgan fingerprint density at radius 3 is 2.65 bits per heavy atom. The van der Waals surface area contributed by atoms with Gasteiger partial charge in [-0.1, -0.05) is 42.5 Å². The highest BCUT2D eigenvalue weighted by atomic mass is 127. The summed E-state index contributed by atoms with van der Waals surface area (Å²) in [6.07, 6.45) is 2.96. The Morgan fingerprint density at radius 1 is 1.13 bits per heavy atom. The number of benzene rings is 2. The predicted molar refractivity (Wildman–Crippen MR) is 135 cm³/mol. The number of quaternary nitrogens is 1. The van der Waals surface area contributed by atoms with E-state index in [9.17, 15) is 4.79 Å². The van der Waals surface area contributed by atoms with Gasteiger partial charge in [0.2, 0.25) is 5.91 Å². The first-order valence-electron chi connectivity index (χ1n) is 10.4. The van der Waals surface area contributed by atoms with Crippen molar-refractivity contribution in [2.75, 3.05) is 30.0 Å². The van der Waals surface area contributed by atoms with Crippen LogP contribution in [0.4, 0.5) is 5.82 Å². The number of aromatic nitrogens is 2. The van der Waals surface area contributed by atoms with Gasteiger partial charge in [-0.05, 0) is 53.3 Å². The zero-order valence-corrected chi connectivity index (χ0v) is 20.2. The number of hydrogen-bond acceptors (Lipinski definition) is 4. The van der Waals surface area contributed by atoms with Gasteiger partial charge < -0.3 is 15.5 Å². The SMILES string of the molecule is C/C(=C\c1ccccc1)C(=O)N(C)Cc1nc(NCCC[NH2+]CI)c2ccccc2n1. The fourth-order valence-electron chi connectivity index (χ4n) is 3.31. The largest absolute Gasteiger partial charge is 0.369 e. The van der Waals surface area contributed by atoms with E-state index in [2.05, 4.69) is 38.2 Å². The molecule has 0 saturated heterocycles. The second-order valence-electron chi connectivity index (χ2n) is 7.42. The summed E-state index contributed by atoms with van der Waals surface area (Å²) in [5.74, 6) is 1.42. The van der Waals surface area contributed by atoms with Crippen LogP contribution in [0.15, 0.2) is 60.2 Å². The second kappa shape index (κ2) is 11.8. The first-order valence-corrected chi connectivity index (χ1v) is 12.0. The first kappa shape index (κ1) is 23.1. The molecule has 0 radical (unpaired) electrons. The zero-order valence-electron chi connectivity index (χ0n) is 18.0. The fourth-order valence-corrected chi connectivity index (χ4v) is 3.75. The molecule has 1 amide bonds. The van der Waals surface area contributed by atoms with E-state index in [0.29, 0.717) is 17.9 Å². The number of likely N-dealkylation sites (N-methyl/N-ethyl adjacent to an activating group) is 1. The van der Waals surface area contributed by atoms with Crippen LogP contribution >= 0.6 is 22.6 Å². The smallest absolute Gasteiger partial charge is 0.249 e. The van der Waals surface area contributed by atoms with Gasteiger partial charge in [-0.3, -0.25) is 4.79 Å². The third-order valence-corrected chi connectivity index (χ3v) is 5.50. The predicted octanol–water partition coefficient (Wildman–Crippen LogP) is 3.45. The Balaban J connectivity index is 1.74. The maximum atomic E-state index is 12.9. The van der Waals surface area contributed by atoms with Crippen LogP contribution in [-0.2, 0) is 11.3 Å². The number of nitrogens with two attached hydrogens (primary N) is 1. The molecule has 2 aromatic carbocycles. The normalized spacial score (nSPS) is 11.5. The van der Waals surface area contributed by atoms with E-state index >= 15 is 0 Å². The summed E-state index contributed by atoms with van der Waals surface area (Å²) in [5, 5.41) is 6.73. The van der Waals surface area contributed by atoms with E-state index in [4.69, 9.17) is 4.98 Å². The molecule has 0 aliphatic rings. The highest BCUT2D eigenvalue weighted by Crippen LogP contribution is 2.21. The monoisotopic (exact) mass is 530 g/mol. The second-order valence-corrected chi connectivity index (χ2v) is 8.30. The third kappa shape index (κ3) is 6.73. The van der Waals surface area contributed by atoms with Gasteiger partial charge in [0, 0.05) is 31.0 Å². The molecule has 1 aromatic heterocycles. The van der Waals surface area contributed by atoms with Gasteiger partial charge in [0.25, 0.3) is 0 Å². The Hall–Kier alpha value is -2.52. The van der Waals surface area contributed by atoms with E-state index in [1.165, 1.54) is 0 Å². The number of carbonyl (C=O) groups excluding carboxylic acids is 1. The molecule has 0 fully saturated rings.